The van der Waals surface area contributed by atoms with Crippen molar-refractivity contribution in [3.8, 4) is 0 Å². The van der Waals surface area contributed by atoms with Crippen molar-refractivity contribution in [3.63, 3.8) is 0 Å². The minimum atomic E-state index is -0.670. The van der Waals surface area contributed by atoms with Gasteiger partial charge in [0.05, 0.1) is 21.3 Å². The lowest BCUT2D eigenvalue weighted by Crippen LogP contribution is -2.18. The van der Waals surface area contributed by atoms with Crippen molar-refractivity contribution in [2.24, 2.45) is 0 Å². The van der Waals surface area contributed by atoms with Crippen LogP contribution in [-0.2, 0) is 43.0 Å². The predicted octanol–water partition coefficient (Wildman–Crippen LogP) is 2.21. The van der Waals surface area contributed by atoms with Gasteiger partial charge in [-0.05, 0) is 13.8 Å². The summed E-state index contributed by atoms with van der Waals surface area (Å²) in [6.45, 7) is 6.69. The summed E-state index contributed by atoms with van der Waals surface area (Å²) in [4.78, 5) is 83.5. The van der Waals surface area contributed by atoms with E-state index in [1.165, 1.54) is 27.5 Å². The average Bonchev–Trinajstić information content (AvgIpc) is 2.90. The molecule has 1 aromatic rings. The van der Waals surface area contributed by atoms with E-state index in [1.807, 2.05) is 0 Å². The summed E-state index contributed by atoms with van der Waals surface area (Å²) in [6.07, 6.45) is 3.45. The van der Waals surface area contributed by atoms with Crippen LogP contribution in [0.5, 0.6) is 0 Å². The molecule has 1 rings (SSSR count). The van der Waals surface area contributed by atoms with Gasteiger partial charge in [0, 0.05) is 38.7 Å². The Morgan fingerprint density at radius 3 is 1.82 bits per heavy atom. The Kier molecular flexibility index (Phi) is 25.7. The fourth-order valence-corrected chi connectivity index (χ4v) is 2.06. The summed E-state index contributed by atoms with van der Waals surface area (Å²) >= 11 is 0. The summed E-state index contributed by atoms with van der Waals surface area (Å²) in [5, 5.41) is 0. The van der Waals surface area contributed by atoms with Crippen molar-refractivity contribution in [2.75, 3.05) is 35.4 Å². The first-order valence-electron chi connectivity index (χ1n) is 11.0. The number of aryl methyl sites for hydroxylation is 1. The number of rotatable bonds is 8. The van der Waals surface area contributed by atoms with Crippen LogP contribution >= 0.6 is 0 Å². The van der Waals surface area contributed by atoms with Crippen LogP contribution < -0.4 is 5.43 Å². The van der Waals surface area contributed by atoms with Crippen LogP contribution in [-0.4, -0.2) is 76.0 Å². The normalized spacial score (nSPS) is 9.10. The first-order chi connectivity index (χ1) is 17.7. The zero-order valence-electron chi connectivity index (χ0n) is 23.1. The van der Waals surface area contributed by atoms with E-state index >= 15 is 0 Å². The van der Waals surface area contributed by atoms with Crippen molar-refractivity contribution >= 4 is 35.6 Å². The molecule has 0 amide bonds. The predicted molar refractivity (Wildman–Crippen MR) is 139 cm³/mol. The molecule has 13 nitrogen and oxygen atoms in total. The first-order valence-corrected chi connectivity index (χ1v) is 11.0. The van der Waals surface area contributed by atoms with Crippen molar-refractivity contribution in [1.82, 2.24) is 4.90 Å². The maximum atomic E-state index is 11.4. The number of carbonyl (C=O) groups is 5. The Labute approximate surface area is 228 Å². The fourth-order valence-electron chi connectivity index (χ4n) is 2.06. The lowest BCUT2D eigenvalue weighted by molar-refractivity contribution is -0.191. The van der Waals surface area contributed by atoms with Crippen LogP contribution in [0.25, 0.3) is 0 Å². The molecule has 0 atom stereocenters. The molecule has 0 bridgehead atoms. The second-order valence-electron chi connectivity index (χ2n) is 7.15. The molecule has 13 heteroatoms. The summed E-state index contributed by atoms with van der Waals surface area (Å²) in [6, 6.07) is 0. The summed E-state index contributed by atoms with van der Waals surface area (Å²) in [7, 11) is 7.23. The van der Waals surface area contributed by atoms with Crippen molar-refractivity contribution in [3.05, 3.63) is 45.1 Å². The Morgan fingerprint density at radius 2 is 1.46 bits per heavy atom. The number of Topliss-reactive ketones (excluding diaryl/α,β-unsaturated/α-hetero) is 2. The summed E-state index contributed by atoms with van der Waals surface area (Å²) in [5.41, 5.74) is 0.124. The maximum absolute atomic E-state index is 11.4. The van der Waals surface area contributed by atoms with Gasteiger partial charge in [-0.3, -0.25) is 19.2 Å². The Balaban J connectivity index is -0.000000225. The standard InChI is InChI=1S/C9H15NO3.C9H10O4.C6H10O3.CO2.CH4/c1-5-8(11)7(6-10(2)3)9(12)13-4;1-5-6(2)13-4-7(8(5)10)9(11)12-3;1-3-5(7)4-6(8)9-2;2-1-3;/h6H,5H2,1-4H3;4H,1-3H3;3-4H2,1-2H3;;1H4/b7-6-;;;;. The highest BCUT2D eigenvalue weighted by Crippen LogP contribution is 2.04. The van der Waals surface area contributed by atoms with E-state index in [1.54, 1.807) is 46.7 Å². The highest BCUT2D eigenvalue weighted by atomic mass is 16.5. The number of hydrogen-bond donors (Lipinski definition) is 0. The van der Waals surface area contributed by atoms with E-state index in [-0.39, 0.29) is 48.1 Å². The molecule has 1 heterocycles. The number of esters is 3. The Hall–Kier alpha value is -4.38. The van der Waals surface area contributed by atoms with E-state index in [2.05, 4.69) is 14.2 Å². The molecule has 0 fully saturated rings. The minimum Gasteiger partial charge on any atom is -0.469 e. The van der Waals surface area contributed by atoms with E-state index in [0.29, 0.717) is 24.2 Å². The number of ketones is 2. The molecule has 39 heavy (non-hydrogen) atoms. The molecule has 0 aliphatic carbocycles. The van der Waals surface area contributed by atoms with Gasteiger partial charge in [-0.1, -0.05) is 21.3 Å². The molecule has 0 radical (unpaired) electrons. The third kappa shape index (κ3) is 18.5. The van der Waals surface area contributed by atoms with Gasteiger partial charge in [0.25, 0.3) is 0 Å². The smallest absolute Gasteiger partial charge is 0.373 e. The average molecular weight is 558 g/mol. The molecule has 0 aromatic carbocycles. The molecule has 0 unspecified atom stereocenters. The zero-order chi connectivity index (χ0) is 30.4. The van der Waals surface area contributed by atoms with Crippen LogP contribution in [0.2, 0.25) is 0 Å². The number of nitrogens with zero attached hydrogens (tertiary/aromatic N) is 1. The topological polar surface area (TPSA) is 181 Å². The highest BCUT2D eigenvalue weighted by molar-refractivity contribution is 6.17. The monoisotopic (exact) mass is 557 g/mol. The molecule has 0 saturated heterocycles. The van der Waals surface area contributed by atoms with Gasteiger partial charge >= 0.3 is 24.1 Å². The van der Waals surface area contributed by atoms with Crippen molar-refractivity contribution < 1.29 is 52.2 Å². The summed E-state index contributed by atoms with van der Waals surface area (Å²) in [5.74, 6) is -1.49. The molecular weight excluding hydrogens is 518 g/mol. The number of methoxy groups -OCH3 is 3. The zero-order valence-corrected chi connectivity index (χ0v) is 23.1. The van der Waals surface area contributed by atoms with E-state index in [0.717, 1.165) is 6.26 Å². The lowest BCUT2D eigenvalue weighted by atomic mass is 10.1. The van der Waals surface area contributed by atoms with Gasteiger partial charge in [0.2, 0.25) is 5.43 Å². The third-order valence-corrected chi connectivity index (χ3v) is 4.25. The van der Waals surface area contributed by atoms with Gasteiger partial charge < -0.3 is 23.5 Å². The molecule has 0 spiro atoms. The molecule has 0 N–H and O–H groups in total. The Bertz CT molecular complexity index is 1030. The van der Waals surface area contributed by atoms with Crippen LogP contribution in [0, 0.1) is 13.8 Å². The largest absolute Gasteiger partial charge is 0.469 e. The van der Waals surface area contributed by atoms with Crippen LogP contribution in [0.1, 0.15) is 62.2 Å². The third-order valence-electron chi connectivity index (χ3n) is 4.25. The first kappa shape index (κ1) is 41.7. The molecule has 0 aliphatic heterocycles. The number of hydrogen-bond acceptors (Lipinski definition) is 13. The van der Waals surface area contributed by atoms with Gasteiger partial charge in [-0.25, -0.2) is 9.59 Å². The fraction of sp³-hybridized carbons (Fsp3) is 0.500. The second kappa shape index (κ2) is 24.0. The van der Waals surface area contributed by atoms with Crippen LogP contribution in [0.3, 0.4) is 0 Å². The summed E-state index contributed by atoms with van der Waals surface area (Å²) < 4.78 is 18.1. The highest BCUT2D eigenvalue weighted by Gasteiger charge is 2.17. The van der Waals surface area contributed by atoms with Crippen LogP contribution in [0.15, 0.2) is 27.2 Å². The molecule has 220 valence electrons. The van der Waals surface area contributed by atoms with Gasteiger partial charge in [0.1, 0.15) is 35.4 Å². The number of carbonyl (C=O) groups excluding carboxylic acids is 7. The van der Waals surface area contributed by atoms with Gasteiger partial charge in [-0.2, -0.15) is 9.59 Å². The van der Waals surface area contributed by atoms with E-state index in [4.69, 9.17) is 14.0 Å². The quantitative estimate of drug-likeness (QED) is 0.149. The van der Waals surface area contributed by atoms with E-state index in [9.17, 15) is 28.8 Å². The van der Waals surface area contributed by atoms with Gasteiger partial charge in [0.15, 0.2) is 5.78 Å². The lowest BCUT2D eigenvalue weighted by Gasteiger charge is -2.08. The van der Waals surface area contributed by atoms with E-state index < -0.39 is 17.9 Å². The molecule has 0 saturated carbocycles. The van der Waals surface area contributed by atoms with Crippen molar-refractivity contribution in [1.29, 1.82) is 0 Å². The molecule has 1 aromatic heterocycles. The van der Waals surface area contributed by atoms with Crippen molar-refractivity contribution in [2.45, 2.75) is 54.4 Å². The second-order valence-corrected chi connectivity index (χ2v) is 7.15. The number of ether oxygens (including phenoxy) is 3. The maximum Gasteiger partial charge on any atom is 0.373 e. The van der Waals surface area contributed by atoms with Crippen LogP contribution in [0.4, 0.5) is 0 Å². The Morgan fingerprint density at radius 1 is 0.949 bits per heavy atom. The molecule has 0 aliphatic rings. The SMILES string of the molecule is C.CCC(=O)/C(=C/N(C)C)C(=O)OC.CCC(=O)CC(=O)OC.COC(=O)c1coc(C)c(C)c1=O.O=C=O. The van der Waals surface area contributed by atoms with Gasteiger partial charge in [-0.15, -0.1) is 0 Å². The minimum absolute atomic E-state index is 0. The molecular formula is C26H39NO12.